The Labute approximate surface area is 160 Å². The van der Waals surface area contributed by atoms with Crippen molar-refractivity contribution >= 4 is 40.3 Å². The van der Waals surface area contributed by atoms with E-state index in [0.717, 1.165) is 43.4 Å². The fourth-order valence-electron chi connectivity index (χ4n) is 3.17. The van der Waals surface area contributed by atoms with Crippen molar-refractivity contribution in [3.63, 3.8) is 0 Å². The summed E-state index contributed by atoms with van der Waals surface area (Å²) in [6, 6.07) is 5.24. The fourth-order valence-corrected chi connectivity index (χ4v) is 3.69. The second-order valence-corrected chi connectivity index (χ2v) is 7.15. The molecule has 9 nitrogen and oxygen atoms in total. The number of aromatic nitrogens is 2. The van der Waals surface area contributed by atoms with Crippen molar-refractivity contribution in [2.24, 2.45) is 5.92 Å². The molecular weight excluding hydrogens is 370 g/mol. The van der Waals surface area contributed by atoms with Crippen molar-refractivity contribution in [3.05, 3.63) is 18.2 Å². The molecule has 27 heavy (non-hydrogen) atoms. The minimum absolute atomic E-state index is 0.0838. The predicted molar refractivity (Wildman–Crippen MR) is 102 cm³/mol. The molecule has 1 aliphatic heterocycles. The van der Waals surface area contributed by atoms with Gasteiger partial charge in [-0.05, 0) is 18.2 Å². The Morgan fingerprint density at radius 2 is 1.85 bits per heavy atom. The van der Waals surface area contributed by atoms with Gasteiger partial charge in [-0.25, -0.2) is 0 Å². The third-order valence-corrected chi connectivity index (χ3v) is 5.23. The molecule has 3 rings (SSSR count). The van der Waals surface area contributed by atoms with Crippen LogP contribution in [-0.2, 0) is 9.59 Å². The zero-order chi connectivity index (χ0) is 19.2. The number of aliphatic hydroxyl groups excluding tert-OH is 1. The molecule has 1 aliphatic rings. The van der Waals surface area contributed by atoms with Crippen LogP contribution < -0.4 is 5.32 Å². The number of β-amino-alcohol motifs (C(OH)–C–C–N with tert-alkyl or cyclic N) is 1. The first kappa shape index (κ1) is 19.6. The van der Waals surface area contributed by atoms with Gasteiger partial charge in [-0.15, -0.1) is 0 Å². The molecule has 1 aromatic heterocycles. The van der Waals surface area contributed by atoms with Gasteiger partial charge >= 0.3 is 5.97 Å². The van der Waals surface area contributed by atoms with E-state index in [1.165, 1.54) is 0 Å². The summed E-state index contributed by atoms with van der Waals surface area (Å²) >= 11 is 1.10. The number of amides is 1. The van der Waals surface area contributed by atoms with Crippen molar-refractivity contribution in [2.45, 2.75) is 6.42 Å². The number of anilines is 1. The lowest BCUT2D eigenvalue weighted by atomic mass is 10.0. The number of aliphatic carboxylic acids is 1. The Bertz CT molecular complexity index is 790. The molecule has 1 fully saturated rings. The number of rotatable bonds is 8. The van der Waals surface area contributed by atoms with Crippen LogP contribution in [0.2, 0.25) is 0 Å². The quantitative estimate of drug-likeness (QED) is 0.587. The number of fused-ring (bicyclic) bond motifs is 1. The normalized spacial score (nSPS) is 17.1. The van der Waals surface area contributed by atoms with Crippen molar-refractivity contribution < 1.29 is 19.8 Å². The van der Waals surface area contributed by atoms with Crippen LogP contribution in [0.3, 0.4) is 0 Å². The van der Waals surface area contributed by atoms with Gasteiger partial charge < -0.3 is 15.5 Å². The van der Waals surface area contributed by atoms with Gasteiger partial charge in [0.2, 0.25) is 5.91 Å². The van der Waals surface area contributed by atoms with E-state index in [1.807, 2.05) is 0 Å². The Hall–Kier alpha value is -2.14. The summed E-state index contributed by atoms with van der Waals surface area (Å²) in [4.78, 5) is 28.1. The number of hydrogen-bond acceptors (Lipinski definition) is 8. The van der Waals surface area contributed by atoms with E-state index >= 15 is 0 Å². The average molecular weight is 393 g/mol. The van der Waals surface area contributed by atoms with E-state index in [1.54, 1.807) is 18.2 Å². The van der Waals surface area contributed by atoms with E-state index in [2.05, 4.69) is 23.9 Å². The highest BCUT2D eigenvalue weighted by Gasteiger charge is 2.26. The summed E-state index contributed by atoms with van der Waals surface area (Å²) < 4.78 is 8.24. The number of nitrogens with one attached hydrogen (secondary N) is 1. The maximum absolute atomic E-state index is 12.3. The predicted octanol–water partition coefficient (Wildman–Crippen LogP) is 0.331. The highest BCUT2D eigenvalue weighted by Crippen LogP contribution is 2.18. The SMILES string of the molecule is O=C(CC(CN1CCN(CCO)CC1)C(=O)O)Nc1ccc2nsnc2c1. The van der Waals surface area contributed by atoms with Crippen LogP contribution in [0, 0.1) is 5.92 Å². The van der Waals surface area contributed by atoms with Crippen molar-refractivity contribution in [1.82, 2.24) is 18.5 Å². The van der Waals surface area contributed by atoms with Crippen LogP contribution in [0.15, 0.2) is 18.2 Å². The van der Waals surface area contributed by atoms with Crippen molar-refractivity contribution in [2.75, 3.05) is 51.2 Å². The molecule has 0 bridgehead atoms. The molecule has 0 spiro atoms. The molecule has 10 heteroatoms. The molecule has 2 heterocycles. The van der Waals surface area contributed by atoms with E-state index < -0.39 is 11.9 Å². The van der Waals surface area contributed by atoms with Gasteiger partial charge in [0.25, 0.3) is 0 Å². The zero-order valence-corrected chi connectivity index (χ0v) is 15.7. The van der Waals surface area contributed by atoms with Gasteiger partial charge in [-0.2, -0.15) is 8.75 Å². The van der Waals surface area contributed by atoms with Crippen molar-refractivity contribution in [3.8, 4) is 0 Å². The minimum Gasteiger partial charge on any atom is -0.481 e. The summed E-state index contributed by atoms with van der Waals surface area (Å²) in [5.74, 6) is -2.06. The molecule has 1 unspecified atom stereocenters. The molecular formula is C17H23N5O4S. The average Bonchev–Trinajstić information content (AvgIpc) is 3.10. The zero-order valence-electron chi connectivity index (χ0n) is 14.9. The molecule has 146 valence electrons. The molecule has 1 saturated heterocycles. The Morgan fingerprint density at radius 3 is 2.56 bits per heavy atom. The van der Waals surface area contributed by atoms with Gasteiger partial charge in [0.1, 0.15) is 11.0 Å². The molecule has 3 N–H and O–H groups in total. The number of carbonyl (C=O) groups excluding carboxylic acids is 1. The fraction of sp³-hybridized carbons (Fsp3) is 0.529. The molecule has 1 amide bonds. The largest absolute Gasteiger partial charge is 0.481 e. The van der Waals surface area contributed by atoms with Crippen molar-refractivity contribution in [1.29, 1.82) is 0 Å². The highest BCUT2D eigenvalue weighted by atomic mass is 32.1. The van der Waals surface area contributed by atoms with E-state index in [9.17, 15) is 14.7 Å². The number of benzene rings is 1. The third-order valence-electron chi connectivity index (χ3n) is 4.68. The first-order valence-electron chi connectivity index (χ1n) is 8.85. The van der Waals surface area contributed by atoms with Gasteiger partial charge in [0.05, 0.1) is 24.3 Å². The lowest BCUT2D eigenvalue weighted by Crippen LogP contribution is -2.49. The second-order valence-electron chi connectivity index (χ2n) is 6.62. The van der Waals surface area contributed by atoms with Crippen LogP contribution >= 0.6 is 11.7 Å². The third kappa shape index (κ3) is 5.42. The molecule has 1 atom stereocenters. The maximum atomic E-state index is 12.3. The van der Waals surface area contributed by atoms with Gasteiger partial charge in [-0.1, -0.05) is 0 Å². The van der Waals surface area contributed by atoms with Crippen LogP contribution in [0.5, 0.6) is 0 Å². The lowest BCUT2D eigenvalue weighted by Gasteiger charge is -2.35. The summed E-state index contributed by atoms with van der Waals surface area (Å²) in [5.41, 5.74) is 2.05. The topological polar surface area (TPSA) is 119 Å². The number of piperazine rings is 1. The Balaban J connectivity index is 1.52. The van der Waals surface area contributed by atoms with Gasteiger partial charge in [0.15, 0.2) is 0 Å². The number of carboxylic acids is 1. The number of carboxylic acid groups (broad SMARTS) is 1. The van der Waals surface area contributed by atoms with E-state index in [-0.39, 0.29) is 18.9 Å². The number of hydrogen-bond donors (Lipinski definition) is 3. The molecule has 0 saturated carbocycles. The second kappa shape index (κ2) is 9.18. The van der Waals surface area contributed by atoms with Gasteiger partial charge in [-0.3, -0.25) is 19.4 Å². The maximum Gasteiger partial charge on any atom is 0.308 e. The molecule has 0 radical (unpaired) electrons. The number of carbonyl (C=O) groups is 2. The minimum atomic E-state index is -0.970. The molecule has 2 aromatic rings. The molecule has 1 aromatic carbocycles. The summed E-state index contributed by atoms with van der Waals surface area (Å²) in [5, 5.41) is 21.2. The van der Waals surface area contributed by atoms with E-state index in [4.69, 9.17) is 5.11 Å². The number of aliphatic hydroxyl groups is 1. The van der Waals surface area contributed by atoms with Crippen LogP contribution in [-0.4, -0.2) is 86.5 Å². The van der Waals surface area contributed by atoms with Crippen LogP contribution in [0.25, 0.3) is 11.0 Å². The van der Waals surface area contributed by atoms with Crippen LogP contribution in [0.1, 0.15) is 6.42 Å². The van der Waals surface area contributed by atoms with E-state index in [0.29, 0.717) is 24.3 Å². The summed E-state index contributed by atoms with van der Waals surface area (Å²) in [6.45, 7) is 4.16. The number of nitrogens with zero attached hydrogens (tertiary/aromatic N) is 4. The highest BCUT2D eigenvalue weighted by molar-refractivity contribution is 7.00. The molecule has 0 aliphatic carbocycles. The Morgan fingerprint density at radius 1 is 1.15 bits per heavy atom. The van der Waals surface area contributed by atoms with Crippen LogP contribution in [0.4, 0.5) is 5.69 Å². The first-order valence-corrected chi connectivity index (χ1v) is 9.58. The smallest absolute Gasteiger partial charge is 0.308 e. The summed E-state index contributed by atoms with van der Waals surface area (Å²) in [7, 11) is 0. The first-order chi connectivity index (χ1) is 13.0. The Kier molecular flexibility index (Phi) is 6.67. The monoisotopic (exact) mass is 393 g/mol. The summed E-state index contributed by atoms with van der Waals surface area (Å²) in [6.07, 6.45) is -0.0838. The standard InChI is InChI=1S/C17H23N5O4S/c23-8-7-21-3-5-22(6-4-21)11-12(17(25)26)9-16(24)18-13-1-2-14-15(10-13)20-27-19-14/h1-2,10,12,23H,3-9,11H2,(H,18,24)(H,25,26). The lowest BCUT2D eigenvalue weighted by molar-refractivity contribution is -0.144. The van der Waals surface area contributed by atoms with Gasteiger partial charge in [0, 0.05) is 51.4 Å².